The molecule has 162 valence electrons. The average Bonchev–Trinajstić information content (AvgIpc) is 3.31. The summed E-state index contributed by atoms with van der Waals surface area (Å²) < 4.78 is 6.64. The Morgan fingerprint density at radius 1 is 0.939 bits per heavy atom. The highest BCUT2D eigenvalue weighted by molar-refractivity contribution is 5.99. The fourth-order valence-electron chi connectivity index (χ4n) is 3.64. The van der Waals surface area contributed by atoms with Gasteiger partial charge in [0, 0.05) is 12.7 Å². The highest BCUT2D eigenvalue weighted by Gasteiger charge is 2.21. The van der Waals surface area contributed by atoms with E-state index in [1.54, 1.807) is 30.5 Å². The van der Waals surface area contributed by atoms with E-state index in [4.69, 9.17) is 4.74 Å². The molecule has 7 nitrogen and oxygen atoms in total. The van der Waals surface area contributed by atoms with E-state index >= 15 is 0 Å². The van der Waals surface area contributed by atoms with Crippen molar-refractivity contribution in [2.24, 2.45) is 0 Å². The maximum absolute atomic E-state index is 13.4. The summed E-state index contributed by atoms with van der Waals surface area (Å²) in [6.45, 7) is 0.477. The van der Waals surface area contributed by atoms with Crippen LogP contribution in [0.3, 0.4) is 0 Å². The predicted octanol–water partition coefficient (Wildman–Crippen LogP) is 4.80. The Morgan fingerprint density at radius 3 is 2.55 bits per heavy atom. The molecule has 0 aliphatic heterocycles. The largest absolute Gasteiger partial charge is 0.496 e. The Bertz CT molecular complexity index is 1430. The van der Waals surface area contributed by atoms with Gasteiger partial charge in [0.1, 0.15) is 11.4 Å². The number of rotatable bonds is 6. The van der Waals surface area contributed by atoms with E-state index in [2.05, 4.69) is 50.7 Å². The first kappa shape index (κ1) is 20.4. The molecule has 0 atom stereocenters. The van der Waals surface area contributed by atoms with Crippen molar-refractivity contribution in [3.8, 4) is 17.3 Å². The third-order valence-electron chi connectivity index (χ3n) is 5.30. The van der Waals surface area contributed by atoms with Crippen LogP contribution in [-0.4, -0.2) is 32.8 Å². The van der Waals surface area contributed by atoms with E-state index in [9.17, 15) is 4.79 Å². The molecule has 0 saturated heterocycles. The molecule has 2 heterocycles. The van der Waals surface area contributed by atoms with E-state index < -0.39 is 0 Å². The number of carbonyl (C=O) groups excluding carboxylic acids is 1. The second-order valence-corrected chi connectivity index (χ2v) is 7.43. The number of benzene rings is 3. The molecule has 2 aromatic heterocycles. The van der Waals surface area contributed by atoms with Crippen LogP contribution in [0.5, 0.6) is 5.75 Å². The number of methoxy groups -OCH3 is 1. The van der Waals surface area contributed by atoms with Crippen LogP contribution in [0.1, 0.15) is 15.9 Å². The van der Waals surface area contributed by atoms with E-state index in [1.807, 2.05) is 30.3 Å². The molecule has 0 unspecified atom stereocenters. The van der Waals surface area contributed by atoms with Gasteiger partial charge in [-0.2, -0.15) is 9.67 Å². The van der Waals surface area contributed by atoms with Gasteiger partial charge in [-0.3, -0.25) is 9.78 Å². The van der Waals surface area contributed by atoms with Crippen molar-refractivity contribution in [2.75, 3.05) is 12.4 Å². The van der Waals surface area contributed by atoms with Gasteiger partial charge in [-0.15, -0.1) is 5.10 Å². The summed E-state index contributed by atoms with van der Waals surface area (Å²) in [6, 6.07) is 27.0. The van der Waals surface area contributed by atoms with Gasteiger partial charge in [-0.1, -0.05) is 54.6 Å². The van der Waals surface area contributed by atoms with Crippen molar-refractivity contribution in [3.63, 3.8) is 0 Å². The van der Waals surface area contributed by atoms with Crippen LogP contribution in [0.2, 0.25) is 0 Å². The Kier molecular flexibility index (Phi) is 5.51. The van der Waals surface area contributed by atoms with Crippen molar-refractivity contribution in [3.05, 3.63) is 102 Å². The third kappa shape index (κ3) is 4.16. The van der Waals surface area contributed by atoms with Crippen LogP contribution < -0.4 is 10.1 Å². The zero-order valence-electron chi connectivity index (χ0n) is 18.0. The third-order valence-corrected chi connectivity index (χ3v) is 5.30. The average molecular weight is 435 g/mol. The molecule has 0 amide bonds. The minimum atomic E-state index is -0.344. The maximum atomic E-state index is 13.4. The molecule has 0 radical (unpaired) electrons. The number of anilines is 1. The zero-order valence-corrected chi connectivity index (χ0v) is 18.0. The van der Waals surface area contributed by atoms with Crippen molar-refractivity contribution in [2.45, 2.75) is 6.54 Å². The topological polar surface area (TPSA) is 81.9 Å². The number of carbonyl (C=O) groups is 1. The first-order valence-corrected chi connectivity index (χ1v) is 10.5. The smallest absolute Gasteiger partial charge is 0.285 e. The van der Waals surface area contributed by atoms with Crippen molar-refractivity contribution >= 4 is 22.6 Å². The lowest BCUT2D eigenvalue weighted by atomic mass is 10.1. The molecule has 0 spiro atoms. The highest BCUT2D eigenvalue weighted by atomic mass is 16.5. The van der Waals surface area contributed by atoms with Gasteiger partial charge in [0.15, 0.2) is 0 Å². The molecule has 1 N–H and O–H groups in total. The minimum absolute atomic E-state index is 0.333. The molecule has 0 aliphatic carbocycles. The first-order valence-electron chi connectivity index (χ1n) is 10.5. The molecule has 0 bridgehead atoms. The fourth-order valence-corrected chi connectivity index (χ4v) is 3.64. The molecular weight excluding hydrogens is 414 g/mol. The zero-order chi connectivity index (χ0) is 22.6. The Labute approximate surface area is 190 Å². The number of pyridine rings is 1. The number of hydrogen-bond acceptors (Lipinski definition) is 6. The van der Waals surface area contributed by atoms with Gasteiger partial charge in [-0.25, -0.2) is 0 Å². The second-order valence-electron chi connectivity index (χ2n) is 7.43. The molecule has 0 fully saturated rings. The fraction of sp³-hybridized carbons (Fsp3) is 0.0769. The van der Waals surface area contributed by atoms with E-state index in [0.717, 1.165) is 10.9 Å². The number of hydrogen-bond donors (Lipinski definition) is 1. The number of aromatic nitrogens is 4. The lowest BCUT2D eigenvalue weighted by molar-refractivity contribution is 0.0944. The molecule has 0 aliphatic rings. The standard InChI is InChI=1S/C26H21N5O2/c1-33-23-12-5-4-10-21(23)25(32)31-26(29-24(30-31)22-11-6-7-15-27-22)28-17-18-13-14-19-8-2-3-9-20(19)16-18/h2-16H,17H2,1H3,(H,28,29,30). The van der Waals surface area contributed by atoms with Crippen LogP contribution in [0.15, 0.2) is 91.1 Å². The molecular formula is C26H21N5O2. The van der Waals surface area contributed by atoms with Gasteiger partial charge in [0.2, 0.25) is 11.8 Å². The quantitative estimate of drug-likeness (QED) is 0.412. The van der Waals surface area contributed by atoms with E-state index in [1.165, 1.54) is 17.2 Å². The number of fused-ring (bicyclic) bond motifs is 1. The monoisotopic (exact) mass is 435 g/mol. The molecule has 5 aromatic rings. The summed E-state index contributed by atoms with van der Waals surface area (Å²) in [6.07, 6.45) is 1.67. The normalized spacial score (nSPS) is 10.8. The van der Waals surface area contributed by atoms with Crippen LogP contribution in [0.25, 0.3) is 22.3 Å². The lowest BCUT2D eigenvalue weighted by Crippen LogP contribution is -2.18. The van der Waals surface area contributed by atoms with Gasteiger partial charge >= 0.3 is 0 Å². The minimum Gasteiger partial charge on any atom is -0.496 e. The summed E-state index contributed by atoms with van der Waals surface area (Å²) >= 11 is 0. The SMILES string of the molecule is COc1ccccc1C(=O)n1nc(-c2ccccn2)nc1NCc1ccc2ccccc2c1. The molecule has 5 rings (SSSR count). The summed E-state index contributed by atoms with van der Waals surface area (Å²) in [5, 5.41) is 10.1. The number of ether oxygens (including phenoxy) is 1. The van der Waals surface area contributed by atoms with E-state index in [0.29, 0.717) is 35.3 Å². The van der Waals surface area contributed by atoms with Gasteiger partial charge < -0.3 is 10.1 Å². The van der Waals surface area contributed by atoms with Crippen molar-refractivity contribution in [1.29, 1.82) is 0 Å². The molecule has 0 saturated carbocycles. The number of nitrogens with one attached hydrogen (secondary N) is 1. The van der Waals surface area contributed by atoms with Crippen LogP contribution in [0.4, 0.5) is 5.95 Å². The maximum Gasteiger partial charge on any atom is 0.285 e. The Hall–Kier alpha value is -4.52. The van der Waals surface area contributed by atoms with Crippen LogP contribution in [0, 0.1) is 0 Å². The highest BCUT2D eigenvalue weighted by Crippen LogP contribution is 2.23. The number of nitrogens with zero attached hydrogens (tertiary/aromatic N) is 4. The van der Waals surface area contributed by atoms with Crippen molar-refractivity contribution in [1.82, 2.24) is 19.7 Å². The second kappa shape index (κ2) is 8.92. The van der Waals surface area contributed by atoms with E-state index in [-0.39, 0.29) is 5.91 Å². The molecule has 3 aromatic carbocycles. The van der Waals surface area contributed by atoms with Gasteiger partial charge in [0.05, 0.1) is 12.7 Å². The molecule has 33 heavy (non-hydrogen) atoms. The summed E-state index contributed by atoms with van der Waals surface area (Å²) in [7, 11) is 1.53. The van der Waals surface area contributed by atoms with Gasteiger partial charge in [0.25, 0.3) is 5.91 Å². The Balaban J connectivity index is 1.50. The number of para-hydroxylation sites is 1. The van der Waals surface area contributed by atoms with Crippen LogP contribution >= 0.6 is 0 Å². The predicted molar refractivity (Wildman–Crippen MR) is 127 cm³/mol. The van der Waals surface area contributed by atoms with Gasteiger partial charge in [-0.05, 0) is 46.7 Å². The summed E-state index contributed by atoms with van der Waals surface area (Å²) in [5.74, 6) is 0.820. The molecule has 7 heteroatoms. The Morgan fingerprint density at radius 2 is 1.73 bits per heavy atom. The van der Waals surface area contributed by atoms with Crippen molar-refractivity contribution < 1.29 is 9.53 Å². The first-order chi connectivity index (χ1) is 16.2. The lowest BCUT2D eigenvalue weighted by Gasteiger charge is -2.10. The summed E-state index contributed by atoms with van der Waals surface area (Å²) in [5.41, 5.74) is 2.04. The van der Waals surface area contributed by atoms with Crippen LogP contribution in [-0.2, 0) is 6.54 Å². The summed E-state index contributed by atoms with van der Waals surface area (Å²) in [4.78, 5) is 22.3.